The molecule has 0 fully saturated rings. The third-order valence-corrected chi connectivity index (χ3v) is 2.52. The molecular weight excluding hydrogens is 249 g/mol. The molecule has 0 radical (unpaired) electrons. The van der Waals surface area contributed by atoms with Crippen molar-refractivity contribution in [2.45, 2.75) is 0 Å². The van der Waals surface area contributed by atoms with Crippen LogP contribution in [0.4, 0.5) is 21.6 Å². The van der Waals surface area contributed by atoms with E-state index in [1.54, 1.807) is 18.2 Å². The van der Waals surface area contributed by atoms with Crippen LogP contribution in [0.3, 0.4) is 0 Å². The molecule has 0 aliphatic heterocycles. The number of halogens is 1. The predicted molar refractivity (Wildman–Crippen MR) is 71.4 cm³/mol. The lowest BCUT2D eigenvalue weighted by Crippen LogP contribution is -2.00. The summed E-state index contributed by atoms with van der Waals surface area (Å²) < 4.78 is 23.7. The number of hydrogen-bond donors (Lipinski definition) is 2. The minimum Gasteiger partial charge on any atom is -0.497 e. The van der Waals surface area contributed by atoms with Crippen molar-refractivity contribution >= 4 is 17.2 Å². The Kier molecular flexibility index (Phi) is 3.70. The molecule has 0 aliphatic carbocycles. The smallest absolute Gasteiger partial charge is 0.238 e. The van der Waals surface area contributed by atoms with Gasteiger partial charge in [0.05, 0.1) is 25.6 Å². The zero-order chi connectivity index (χ0) is 13.8. The summed E-state index contributed by atoms with van der Waals surface area (Å²) in [6, 6.07) is 7.66. The van der Waals surface area contributed by atoms with E-state index in [4.69, 9.17) is 15.2 Å². The van der Waals surface area contributed by atoms with Crippen molar-refractivity contribution in [3.05, 3.63) is 36.1 Å². The van der Waals surface area contributed by atoms with E-state index < -0.39 is 5.82 Å². The first kappa shape index (κ1) is 12.9. The standard InChI is InChI=1S/C13H14FN3O2/c1-18-8-3-4-9(14)11(7-8)16-12-6-5-10(15)13(17-12)19-2/h3-7H,15H2,1-2H3,(H,16,17). The van der Waals surface area contributed by atoms with Gasteiger partial charge >= 0.3 is 0 Å². The molecule has 0 amide bonds. The Morgan fingerprint density at radius 1 is 1.16 bits per heavy atom. The van der Waals surface area contributed by atoms with Crippen LogP contribution in [0, 0.1) is 5.82 Å². The Labute approximate surface area is 110 Å². The van der Waals surface area contributed by atoms with Gasteiger partial charge in [0.2, 0.25) is 5.88 Å². The van der Waals surface area contributed by atoms with E-state index in [9.17, 15) is 4.39 Å². The molecule has 1 heterocycles. The quantitative estimate of drug-likeness (QED) is 0.887. The number of hydrogen-bond acceptors (Lipinski definition) is 5. The van der Waals surface area contributed by atoms with Gasteiger partial charge in [-0.05, 0) is 24.3 Å². The second-order valence-electron chi connectivity index (χ2n) is 3.77. The van der Waals surface area contributed by atoms with Gasteiger partial charge in [0.15, 0.2) is 0 Å². The molecule has 5 nitrogen and oxygen atoms in total. The van der Waals surface area contributed by atoms with E-state index >= 15 is 0 Å². The lowest BCUT2D eigenvalue weighted by molar-refractivity contribution is 0.401. The van der Waals surface area contributed by atoms with Crippen LogP contribution in [0.1, 0.15) is 0 Å². The molecule has 2 aromatic rings. The van der Waals surface area contributed by atoms with Crippen LogP contribution in [0.2, 0.25) is 0 Å². The number of nitrogens with two attached hydrogens (primary N) is 1. The molecule has 0 saturated carbocycles. The molecule has 0 atom stereocenters. The zero-order valence-electron chi connectivity index (χ0n) is 10.6. The Bertz CT molecular complexity index is 590. The molecule has 0 saturated heterocycles. The van der Waals surface area contributed by atoms with E-state index in [1.807, 2.05) is 0 Å². The fourth-order valence-corrected chi connectivity index (χ4v) is 1.55. The molecule has 6 heteroatoms. The fourth-order valence-electron chi connectivity index (χ4n) is 1.55. The summed E-state index contributed by atoms with van der Waals surface area (Å²) in [6.45, 7) is 0. The average Bonchev–Trinajstić information content (AvgIpc) is 2.43. The van der Waals surface area contributed by atoms with Crippen LogP contribution in [0.25, 0.3) is 0 Å². The van der Waals surface area contributed by atoms with Crippen molar-refractivity contribution in [2.75, 3.05) is 25.3 Å². The van der Waals surface area contributed by atoms with E-state index in [-0.39, 0.29) is 11.6 Å². The number of nitrogen functional groups attached to an aromatic ring is 1. The maximum absolute atomic E-state index is 13.7. The number of rotatable bonds is 4. The first-order valence-corrected chi connectivity index (χ1v) is 5.55. The second kappa shape index (κ2) is 5.43. The van der Waals surface area contributed by atoms with Gasteiger partial charge in [-0.25, -0.2) is 4.39 Å². The predicted octanol–water partition coefficient (Wildman–Crippen LogP) is 2.56. The van der Waals surface area contributed by atoms with Gasteiger partial charge in [-0.1, -0.05) is 0 Å². The van der Waals surface area contributed by atoms with Crippen LogP contribution < -0.4 is 20.5 Å². The highest BCUT2D eigenvalue weighted by Crippen LogP contribution is 2.26. The number of ether oxygens (including phenoxy) is 2. The molecule has 0 unspecified atom stereocenters. The summed E-state index contributed by atoms with van der Waals surface area (Å²) in [6.07, 6.45) is 0. The van der Waals surface area contributed by atoms with Gasteiger partial charge in [-0.15, -0.1) is 0 Å². The van der Waals surface area contributed by atoms with Gasteiger partial charge in [-0.3, -0.25) is 0 Å². The first-order chi connectivity index (χ1) is 9.13. The summed E-state index contributed by atoms with van der Waals surface area (Å²) in [4.78, 5) is 4.12. The van der Waals surface area contributed by atoms with E-state index in [0.29, 0.717) is 17.3 Å². The highest BCUT2D eigenvalue weighted by Gasteiger charge is 2.07. The van der Waals surface area contributed by atoms with Crippen molar-refractivity contribution in [3.63, 3.8) is 0 Å². The van der Waals surface area contributed by atoms with E-state index in [0.717, 1.165) is 0 Å². The molecule has 0 spiro atoms. The number of methoxy groups -OCH3 is 2. The molecule has 2 rings (SSSR count). The van der Waals surface area contributed by atoms with Crippen molar-refractivity contribution < 1.29 is 13.9 Å². The number of nitrogens with zero attached hydrogens (tertiary/aromatic N) is 1. The Morgan fingerprint density at radius 3 is 2.63 bits per heavy atom. The van der Waals surface area contributed by atoms with Gasteiger partial charge in [0, 0.05) is 6.07 Å². The summed E-state index contributed by atoms with van der Waals surface area (Å²) in [5.74, 6) is 0.858. The summed E-state index contributed by atoms with van der Waals surface area (Å²) in [7, 11) is 2.98. The van der Waals surface area contributed by atoms with E-state index in [1.165, 1.54) is 26.4 Å². The first-order valence-electron chi connectivity index (χ1n) is 5.55. The SMILES string of the molecule is COc1ccc(F)c(Nc2ccc(N)c(OC)n2)c1. The van der Waals surface area contributed by atoms with Gasteiger partial charge in [-0.2, -0.15) is 4.98 Å². The molecular formula is C13H14FN3O2. The highest BCUT2D eigenvalue weighted by molar-refractivity contribution is 5.62. The number of nitrogens with one attached hydrogen (secondary N) is 1. The lowest BCUT2D eigenvalue weighted by atomic mass is 10.3. The van der Waals surface area contributed by atoms with Crippen molar-refractivity contribution in [1.29, 1.82) is 0 Å². The molecule has 0 bridgehead atoms. The van der Waals surface area contributed by atoms with Crippen LogP contribution in [-0.4, -0.2) is 19.2 Å². The van der Waals surface area contributed by atoms with Crippen LogP contribution >= 0.6 is 0 Å². The Balaban J connectivity index is 2.30. The van der Waals surface area contributed by atoms with Crippen LogP contribution in [0.15, 0.2) is 30.3 Å². The number of anilines is 3. The Hall–Kier alpha value is -2.50. The van der Waals surface area contributed by atoms with E-state index in [2.05, 4.69) is 10.3 Å². The maximum atomic E-state index is 13.7. The topological polar surface area (TPSA) is 69.4 Å². The monoisotopic (exact) mass is 263 g/mol. The normalized spacial score (nSPS) is 10.1. The summed E-state index contributed by atoms with van der Waals surface area (Å²) in [5, 5.41) is 2.85. The molecule has 100 valence electrons. The number of benzene rings is 1. The van der Waals surface area contributed by atoms with Gasteiger partial charge in [0.1, 0.15) is 17.4 Å². The number of pyridine rings is 1. The summed E-state index contributed by atoms with van der Waals surface area (Å²) in [5.41, 5.74) is 6.34. The van der Waals surface area contributed by atoms with Crippen molar-refractivity contribution in [2.24, 2.45) is 0 Å². The third-order valence-electron chi connectivity index (χ3n) is 2.52. The summed E-state index contributed by atoms with van der Waals surface area (Å²) >= 11 is 0. The minimum atomic E-state index is -0.404. The van der Waals surface area contributed by atoms with Gasteiger partial charge in [0.25, 0.3) is 0 Å². The fraction of sp³-hybridized carbons (Fsp3) is 0.154. The van der Waals surface area contributed by atoms with Gasteiger partial charge < -0.3 is 20.5 Å². The molecule has 0 aliphatic rings. The Morgan fingerprint density at radius 2 is 1.95 bits per heavy atom. The maximum Gasteiger partial charge on any atom is 0.238 e. The van der Waals surface area contributed by atoms with Crippen molar-refractivity contribution in [1.82, 2.24) is 4.98 Å². The second-order valence-corrected chi connectivity index (χ2v) is 3.77. The third kappa shape index (κ3) is 2.85. The van der Waals surface area contributed by atoms with Crippen molar-refractivity contribution in [3.8, 4) is 11.6 Å². The lowest BCUT2D eigenvalue weighted by Gasteiger charge is -2.10. The molecule has 3 N–H and O–H groups in total. The molecule has 19 heavy (non-hydrogen) atoms. The number of aromatic nitrogens is 1. The largest absolute Gasteiger partial charge is 0.497 e. The molecule has 1 aromatic heterocycles. The van der Waals surface area contributed by atoms with Crippen LogP contribution in [-0.2, 0) is 0 Å². The average molecular weight is 263 g/mol. The van der Waals surface area contributed by atoms with Crippen LogP contribution in [0.5, 0.6) is 11.6 Å². The zero-order valence-corrected chi connectivity index (χ0v) is 10.6. The highest BCUT2D eigenvalue weighted by atomic mass is 19.1. The minimum absolute atomic E-state index is 0.263. The molecule has 1 aromatic carbocycles.